The lowest BCUT2D eigenvalue weighted by atomic mass is 10.2. The Bertz CT molecular complexity index is 1260. The number of ether oxygens (including phenoxy) is 1. The Labute approximate surface area is 191 Å². The van der Waals surface area contributed by atoms with Crippen LogP contribution in [0.3, 0.4) is 0 Å². The maximum absolute atomic E-state index is 13.5. The first-order valence-electron chi connectivity index (χ1n) is 10.1. The summed E-state index contributed by atoms with van der Waals surface area (Å²) in [7, 11) is -4.14. The molecule has 0 saturated carbocycles. The smallest absolute Gasteiger partial charge is 0.271 e. The Morgan fingerprint density at radius 2 is 1.76 bits per heavy atom. The van der Waals surface area contributed by atoms with E-state index in [9.17, 15) is 23.3 Å². The highest BCUT2D eigenvalue weighted by molar-refractivity contribution is 7.92. The maximum atomic E-state index is 13.5. The predicted octanol–water partition coefficient (Wildman–Crippen LogP) is 4.14. The molecule has 1 amide bonds. The fraction of sp³-hybridized carbons (Fsp3) is 0.174. The number of carbonyl (C=O) groups excluding carboxylic acids is 1. The van der Waals surface area contributed by atoms with Crippen molar-refractivity contribution in [3.05, 3.63) is 88.5 Å². The largest absolute Gasteiger partial charge is 0.492 e. The number of para-hydroxylation sites is 2. The first kappa shape index (κ1) is 23.7. The molecule has 3 aromatic carbocycles. The van der Waals surface area contributed by atoms with Crippen molar-refractivity contribution in [1.29, 1.82) is 0 Å². The summed E-state index contributed by atoms with van der Waals surface area (Å²) in [6.45, 7) is 3.34. The van der Waals surface area contributed by atoms with Crippen LogP contribution in [-0.2, 0) is 14.8 Å². The maximum Gasteiger partial charge on any atom is 0.271 e. The fourth-order valence-electron chi connectivity index (χ4n) is 3.11. The van der Waals surface area contributed by atoms with Gasteiger partial charge in [0.05, 0.1) is 22.1 Å². The van der Waals surface area contributed by atoms with Crippen LogP contribution >= 0.6 is 0 Å². The van der Waals surface area contributed by atoms with Crippen LogP contribution in [0.15, 0.2) is 77.7 Å². The van der Waals surface area contributed by atoms with Gasteiger partial charge in [-0.25, -0.2) is 8.42 Å². The van der Waals surface area contributed by atoms with Crippen molar-refractivity contribution in [3.8, 4) is 5.75 Å². The van der Waals surface area contributed by atoms with Gasteiger partial charge in [0.15, 0.2) is 0 Å². The second-order valence-corrected chi connectivity index (χ2v) is 8.94. The number of rotatable bonds is 9. The number of amides is 1. The zero-order valence-electron chi connectivity index (χ0n) is 18.1. The first-order valence-corrected chi connectivity index (χ1v) is 11.5. The van der Waals surface area contributed by atoms with Gasteiger partial charge in [-0.15, -0.1) is 0 Å². The number of anilines is 2. The van der Waals surface area contributed by atoms with E-state index in [1.165, 1.54) is 36.4 Å². The van der Waals surface area contributed by atoms with Crippen LogP contribution in [0.2, 0.25) is 0 Å². The van der Waals surface area contributed by atoms with Crippen molar-refractivity contribution in [2.24, 2.45) is 0 Å². The molecule has 1 N–H and O–H groups in total. The molecule has 0 atom stereocenters. The van der Waals surface area contributed by atoms with Crippen molar-refractivity contribution >= 4 is 33.0 Å². The van der Waals surface area contributed by atoms with Crippen molar-refractivity contribution < 1.29 is 22.9 Å². The predicted molar refractivity (Wildman–Crippen MR) is 125 cm³/mol. The highest BCUT2D eigenvalue weighted by Crippen LogP contribution is 2.32. The highest BCUT2D eigenvalue weighted by atomic mass is 32.2. The second kappa shape index (κ2) is 10.1. The third-order valence-electron chi connectivity index (χ3n) is 4.67. The lowest BCUT2D eigenvalue weighted by molar-refractivity contribution is -0.384. The number of nitrogens with one attached hydrogen (secondary N) is 1. The van der Waals surface area contributed by atoms with Crippen LogP contribution in [0.4, 0.5) is 17.1 Å². The molecule has 0 aromatic heterocycles. The Hall–Kier alpha value is -3.92. The molecule has 10 heteroatoms. The number of aryl methyl sites for hydroxylation is 1. The van der Waals surface area contributed by atoms with E-state index >= 15 is 0 Å². The molecular formula is C23H23N3O6S. The number of benzene rings is 3. The van der Waals surface area contributed by atoms with E-state index in [2.05, 4.69) is 5.32 Å². The number of nitro benzene ring substituents is 1. The summed E-state index contributed by atoms with van der Waals surface area (Å²) in [5.41, 5.74) is 1.08. The van der Waals surface area contributed by atoms with Crippen molar-refractivity contribution in [2.45, 2.75) is 18.7 Å². The zero-order chi connectivity index (χ0) is 24.0. The molecule has 9 nitrogen and oxygen atoms in total. The van der Waals surface area contributed by atoms with E-state index in [0.29, 0.717) is 12.4 Å². The first-order chi connectivity index (χ1) is 15.7. The molecule has 0 fully saturated rings. The zero-order valence-corrected chi connectivity index (χ0v) is 18.9. The fourth-order valence-corrected chi connectivity index (χ4v) is 4.54. The second-order valence-electron chi connectivity index (χ2n) is 7.08. The number of sulfonamides is 1. The van der Waals surface area contributed by atoms with E-state index in [1.807, 2.05) is 6.92 Å². The van der Waals surface area contributed by atoms with Gasteiger partial charge < -0.3 is 10.1 Å². The molecule has 33 heavy (non-hydrogen) atoms. The molecule has 172 valence electrons. The molecule has 0 aliphatic heterocycles. The molecule has 0 bridgehead atoms. The van der Waals surface area contributed by atoms with Crippen LogP contribution in [-0.4, -0.2) is 32.4 Å². The van der Waals surface area contributed by atoms with Crippen LogP contribution in [0.5, 0.6) is 5.75 Å². The lowest BCUT2D eigenvalue weighted by Crippen LogP contribution is -2.38. The molecular weight excluding hydrogens is 446 g/mol. The van der Waals surface area contributed by atoms with Crippen LogP contribution < -0.4 is 14.4 Å². The van der Waals surface area contributed by atoms with Gasteiger partial charge >= 0.3 is 0 Å². The van der Waals surface area contributed by atoms with Crippen molar-refractivity contribution in [2.75, 3.05) is 22.8 Å². The SMILES string of the molecule is CCOc1ccccc1N(CC(=O)Nc1cccc([N+](=O)[O-])c1)S(=O)(=O)c1ccc(C)cc1. The summed E-state index contributed by atoms with van der Waals surface area (Å²) in [5.74, 6) is -0.365. The van der Waals surface area contributed by atoms with Gasteiger partial charge in [-0.3, -0.25) is 19.2 Å². The van der Waals surface area contributed by atoms with Gasteiger partial charge in [-0.1, -0.05) is 35.9 Å². The monoisotopic (exact) mass is 469 g/mol. The minimum absolute atomic E-state index is 0.0163. The molecule has 0 radical (unpaired) electrons. The number of carbonyl (C=O) groups is 1. The summed E-state index contributed by atoms with van der Waals surface area (Å²) in [4.78, 5) is 23.3. The Morgan fingerprint density at radius 1 is 1.06 bits per heavy atom. The molecule has 3 rings (SSSR count). The summed E-state index contributed by atoms with van der Waals surface area (Å²) in [6, 6.07) is 18.2. The third kappa shape index (κ3) is 5.66. The van der Waals surface area contributed by atoms with Gasteiger partial charge in [-0.2, -0.15) is 0 Å². The van der Waals surface area contributed by atoms with Crippen molar-refractivity contribution in [3.63, 3.8) is 0 Å². The molecule has 0 unspecified atom stereocenters. The average Bonchev–Trinajstić information content (AvgIpc) is 2.78. The van der Waals surface area contributed by atoms with E-state index in [4.69, 9.17) is 4.74 Å². The Balaban J connectivity index is 1.99. The van der Waals surface area contributed by atoms with Gasteiger partial charge in [0.1, 0.15) is 12.3 Å². The molecule has 0 spiro atoms. The average molecular weight is 470 g/mol. The number of nitrogens with zero attached hydrogens (tertiary/aromatic N) is 2. The van der Waals surface area contributed by atoms with Gasteiger partial charge in [-0.05, 0) is 44.2 Å². The molecule has 0 saturated heterocycles. The standard InChI is InChI=1S/C23H23N3O6S/c1-3-32-22-10-5-4-9-21(22)25(33(30,31)20-13-11-17(2)12-14-20)16-23(27)24-18-7-6-8-19(15-18)26(28)29/h4-15H,3,16H2,1-2H3,(H,24,27). The van der Waals surface area contributed by atoms with Crippen LogP contribution in [0, 0.1) is 17.0 Å². The topological polar surface area (TPSA) is 119 Å². The number of non-ortho nitro benzene ring substituents is 1. The Kier molecular flexibility index (Phi) is 7.29. The summed E-state index contributed by atoms with van der Waals surface area (Å²) < 4.78 is 33.6. The van der Waals surface area contributed by atoms with Crippen molar-refractivity contribution in [1.82, 2.24) is 0 Å². The van der Waals surface area contributed by atoms with Gasteiger partial charge in [0.25, 0.3) is 15.7 Å². The summed E-state index contributed by atoms with van der Waals surface area (Å²) >= 11 is 0. The van der Waals surface area contributed by atoms with E-state index in [-0.39, 0.29) is 22.0 Å². The van der Waals surface area contributed by atoms with E-state index in [1.54, 1.807) is 43.3 Å². The summed E-state index contributed by atoms with van der Waals surface area (Å²) in [5, 5.41) is 13.5. The summed E-state index contributed by atoms with van der Waals surface area (Å²) in [6.07, 6.45) is 0. The third-order valence-corrected chi connectivity index (χ3v) is 6.44. The number of nitro groups is 1. The van der Waals surface area contributed by atoms with E-state index in [0.717, 1.165) is 9.87 Å². The highest BCUT2D eigenvalue weighted by Gasteiger charge is 2.29. The Morgan fingerprint density at radius 3 is 2.42 bits per heavy atom. The van der Waals surface area contributed by atoms with Crippen LogP contribution in [0.1, 0.15) is 12.5 Å². The molecule has 0 heterocycles. The quantitative estimate of drug-likeness (QED) is 0.372. The van der Waals surface area contributed by atoms with Gasteiger partial charge in [0, 0.05) is 17.8 Å². The number of hydrogen-bond acceptors (Lipinski definition) is 6. The molecule has 0 aliphatic rings. The van der Waals surface area contributed by atoms with Gasteiger partial charge in [0.2, 0.25) is 5.91 Å². The normalized spacial score (nSPS) is 11.0. The van der Waals surface area contributed by atoms with E-state index < -0.39 is 27.4 Å². The number of hydrogen-bond donors (Lipinski definition) is 1. The molecule has 0 aliphatic carbocycles. The van der Waals surface area contributed by atoms with Crippen LogP contribution in [0.25, 0.3) is 0 Å². The lowest BCUT2D eigenvalue weighted by Gasteiger charge is -2.26. The minimum Gasteiger partial charge on any atom is -0.492 e. The molecule has 3 aromatic rings. The minimum atomic E-state index is -4.14.